The van der Waals surface area contributed by atoms with Crippen molar-refractivity contribution in [1.29, 1.82) is 0 Å². The first-order chi connectivity index (χ1) is 5.87. The van der Waals surface area contributed by atoms with Crippen LogP contribution in [0.25, 0.3) is 0 Å². The molecule has 0 unspecified atom stereocenters. The van der Waals surface area contributed by atoms with Crippen LogP contribution >= 0.6 is 0 Å². The number of hydrogen-bond donors (Lipinski definition) is 1. The Kier molecular flexibility index (Phi) is 4.76. The van der Waals surface area contributed by atoms with Gasteiger partial charge < -0.3 is 10.2 Å². The SMILES string of the molecule is CCNCC(=O)N(C)CC(F)(F)F. The highest BCUT2D eigenvalue weighted by Crippen LogP contribution is 2.15. The maximum absolute atomic E-state index is 11.8. The minimum Gasteiger partial charge on any atom is -0.336 e. The van der Waals surface area contributed by atoms with Crippen LogP contribution in [0.15, 0.2) is 0 Å². The summed E-state index contributed by atoms with van der Waals surface area (Å²) < 4.78 is 35.3. The molecule has 0 aromatic rings. The maximum Gasteiger partial charge on any atom is 0.406 e. The molecular weight excluding hydrogens is 185 g/mol. The van der Waals surface area contributed by atoms with E-state index < -0.39 is 18.6 Å². The van der Waals surface area contributed by atoms with Crippen molar-refractivity contribution in [2.75, 3.05) is 26.7 Å². The van der Waals surface area contributed by atoms with Crippen molar-refractivity contribution >= 4 is 5.91 Å². The second-order valence-electron chi connectivity index (χ2n) is 2.65. The van der Waals surface area contributed by atoms with E-state index in [-0.39, 0.29) is 6.54 Å². The number of amides is 1. The van der Waals surface area contributed by atoms with Crippen LogP contribution in [0.3, 0.4) is 0 Å². The van der Waals surface area contributed by atoms with Crippen molar-refractivity contribution in [2.24, 2.45) is 0 Å². The number of alkyl halides is 3. The fourth-order valence-electron chi connectivity index (χ4n) is 0.724. The van der Waals surface area contributed by atoms with Gasteiger partial charge in [-0.1, -0.05) is 6.92 Å². The lowest BCUT2D eigenvalue weighted by Crippen LogP contribution is -2.40. The molecule has 0 rings (SSSR count). The molecule has 0 fully saturated rings. The molecule has 1 amide bonds. The van der Waals surface area contributed by atoms with Gasteiger partial charge >= 0.3 is 6.18 Å². The summed E-state index contributed by atoms with van der Waals surface area (Å²) in [5, 5.41) is 2.66. The summed E-state index contributed by atoms with van der Waals surface area (Å²) in [5.41, 5.74) is 0. The van der Waals surface area contributed by atoms with Crippen LogP contribution in [0.1, 0.15) is 6.92 Å². The zero-order chi connectivity index (χ0) is 10.5. The third kappa shape index (κ3) is 6.39. The minimum atomic E-state index is -4.32. The van der Waals surface area contributed by atoms with Gasteiger partial charge in [0.1, 0.15) is 6.54 Å². The standard InChI is InChI=1S/C7H13F3N2O/c1-3-11-4-6(13)12(2)5-7(8,9)10/h11H,3-5H2,1-2H3. The van der Waals surface area contributed by atoms with Crippen LogP contribution in [0.5, 0.6) is 0 Å². The van der Waals surface area contributed by atoms with Crippen molar-refractivity contribution in [2.45, 2.75) is 13.1 Å². The molecule has 0 bridgehead atoms. The lowest BCUT2D eigenvalue weighted by molar-refractivity contribution is -0.157. The highest BCUT2D eigenvalue weighted by Gasteiger charge is 2.30. The Bertz CT molecular complexity index is 170. The molecule has 0 heterocycles. The van der Waals surface area contributed by atoms with E-state index in [1.54, 1.807) is 6.92 Å². The Labute approximate surface area is 74.9 Å². The summed E-state index contributed by atoms with van der Waals surface area (Å²) in [6.07, 6.45) is -4.32. The van der Waals surface area contributed by atoms with Gasteiger partial charge in [0.15, 0.2) is 0 Å². The highest BCUT2D eigenvalue weighted by molar-refractivity contribution is 5.77. The predicted molar refractivity (Wildman–Crippen MR) is 42.2 cm³/mol. The largest absolute Gasteiger partial charge is 0.406 e. The van der Waals surface area contributed by atoms with E-state index in [0.29, 0.717) is 11.4 Å². The van der Waals surface area contributed by atoms with E-state index in [0.717, 1.165) is 7.05 Å². The number of hydrogen-bond acceptors (Lipinski definition) is 2. The second kappa shape index (κ2) is 5.06. The molecule has 0 saturated heterocycles. The molecule has 0 saturated carbocycles. The number of likely N-dealkylation sites (N-methyl/N-ethyl adjacent to an activating group) is 2. The Hall–Kier alpha value is -0.780. The Balaban J connectivity index is 3.83. The van der Waals surface area contributed by atoms with E-state index in [9.17, 15) is 18.0 Å². The number of carbonyl (C=O) groups excluding carboxylic acids is 1. The van der Waals surface area contributed by atoms with E-state index in [4.69, 9.17) is 0 Å². The Morgan fingerprint density at radius 3 is 2.38 bits per heavy atom. The quantitative estimate of drug-likeness (QED) is 0.718. The normalized spacial score (nSPS) is 11.5. The molecule has 0 aliphatic carbocycles. The molecule has 0 aliphatic rings. The van der Waals surface area contributed by atoms with Crippen LogP contribution in [-0.4, -0.2) is 43.7 Å². The fourth-order valence-corrected chi connectivity index (χ4v) is 0.724. The number of carbonyl (C=O) groups is 1. The van der Waals surface area contributed by atoms with E-state index >= 15 is 0 Å². The van der Waals surface area contributed by atoms with Gasteiger partial charge in [0.05, 0.1) is 6.54 Å². The summed E-state index contributed by atoms with van der Waals surface area (Å²) in [4.78, 5) is 11.6. The zero-order valence-corrected chi connectivity index (χ0v) is 7.61. The smallest absolute Gasteiger partial charge is 0.336 e. The number of rotatable bonds is 4. The zero-order valence-electron chi connectivity index (χ0n) is 7.61. The molecule has 78 valence electrons. The Morgan fingerprint density at radius 1 is 1.46 bits per heavy atom. The molecule has 6 heteroatoms. The molecule has 3 nitrogen and oxygen atoms in total. The van der Waals surface area contributed by atoms with Crippen molar-refractivity contribution in [3.8, 4) is 0 Å². The average Bonchev–Trinajstić information content (AvgIpc) is 1.96. The molecule has 0 atom stereocenters. The molecule has 0 aromatic heterocycles. The number of nitrogens with zero attached hydrogens (tertiary/aromatic N) is 1. The van der Waals surface area contributed by atoms with Crippen LogP contribution < -0.4 is 5.32 Å². The lowest BCUT2D eigenvalue weighted by atomic mass is 10.4. The van der Waals surface area contributed by atoms with Gasteiger partial charge in [0.2, 0.25) is 5.91 Å². The molecule has 0 aliphatic heterocycles. The predicted octanol–water partition coefficient (Wildman–Crippen LogP) is 0.617. The first kappa shape index (κ1) is 12.2. The molecule has 0 radical (unpaired) electrons. The van der Waals surface area contributed by atoms with Gasteiger partial charge in [0.25, 0.3) is 0 Å². The van der Waals surface area contributed by atoms with Gasteiger partial charge in [-0.25, -0.2) is 0 Å². The van der Waals surface area contributed by atoms with Crippen LogP contribution in [0, 0.1) is 0 Å². The molecular formula is C7H13F3N2O. The molecule has 1 N–H and O–H groups in total. The van der Waals surface area contributed by atoms with Gasteiger partial charge in [0, 0.05) is 7.05 Å². The van der Waals surface area contributed by atoms with Gasteiger partial charge in [-0.2, -0.15) is 13.2 Å². The van der Waals surface area contributed by atoms with Crippen molar-refractivity contribution in [3.05, 3.63) is 0 Å². The van der Waals surface area contributed by atoms with Crippen LogP contribution in [0.4, 0.5) is 13.2 Å². The number of halogens is 3. The first-order valence-corrected chi connectivity index (χ1v) is 3.88. The maximum atomic E-state index is 11.8. The van der Waals surface area contributed by atoms with Crippen LogP contribution in [0.2, 0.25) is 0 Å². The monoisotopic (exact) mass is 198 g/mol. The third-order valence-electron chi connectivity index (χ3n) is 1.37. The first-order valence-electron chi connectivity index (χ1n) is 3.88. The summed E-state index contributed by atoms with van der Waals surface area (Å²) in [5.74, 6) is -0.556. The minimum absolute atomic E-state index is 0.0525. The van der Waals surface area contributed by atoms with E-state index in [2.05, 4.69) is 5.32 Å². The van der Waals surface area contributed by atoms with Crippen molar-refractivity contribution in [3.63, 3.8) is 0 Å². The Morgan fingerprint density at radius 2 is 2.00 bits per heavy atom. The van der Waals surface area contributed by atoms with Gasteiger partial charge in [-0.3, -0.25) is 4.79 Å². The molecule has 13 heavy (non-hydrogen) atoms. The second-order valence-corrected chi connectivity index (χ2v) is 2.65. The average molecular weight is 198 g/mol. The summed E-state index contributed by atoms with van der Waals surface area (Å²) in [6.45, 7) is 1.09. The number of nitrogens with one attached hydrogen (secondary N) is 1. The van der Waals surface area contributed by atoms with Gasteiger partial charge in [-0.15, -0.1) is 0 Å². The van der Waals surface area contributed by atoms with Crippen molar-refractivity contribution in [1.82, 2.24) is 10.2 Å². The van der Waals surface area contributed by atoms with E-state index in [1.807, 2.05) is 0 Å². The lowest BCUT2D eigenvalue weighted by Gasteiger charge is -2.18. The molecule has 0 aromatic carbocycles. The topological polar surface area (TPSA) is 32.3 Å². The summed E-state index contributed by atoms with van der Waals surface area (Å²) >= 11 is 0. The molecule has 0 spiro atoms. The third-order valence-corrected chi connectivity index (χ3v) is 1.37. The van der Waals surface area contributed by atoms with E-state index in [1.165, 1.54) is 0 Å². The van der Waals surface area contributed by atoms with Crippen molar-refractivity contribution < 1.29 is 18.0 Å². The summed E-state index contributed by atoms with van der Waals surface area (Å²) in [6, 6.07) is 0. The highest BCUT2D eigenvalue weighted by atomic mass is 19.4. The summed E-state index contributed by atoms with van der Waals surface area (Å²) in [7, 11) is 1.13. The van der Waals surface area contributed by atoms with Gasteiger partial charge in [-0.05, 0) is 6.54 Å². The van der Waals surface area contributed by atoms with Crippen LogP contribution in [-0.2, 0) is 4.79 Å². The fraction of sp³-hybridized carbons (Fsp3) is 0.857.